The minimum Gasteiger partial charge on any atom is -0.465 e. The monoisotopic (exact) mass is 372 g/mol. The first kappa shape index (κ1) is 15.6. The number of methoxy groups -OCH3 is 1. The van der Waals surface area contributed by atoms with Crippen LogP contribution in [-0.4, -0.2) is 13.1 Å². The molecule has 3 N–H and O–H groups in total. The predicted octanol–water partition coefficient (Wildman–Crippen LogP) is 4.35. The van der Waals surface area contributed by atoms with Crippen LogP contribution in [0.25, 0.3) is 0 Å². The summed E-state index contributed by atoms with van der Waals surface area (Å²) in [7, 11) is 1.23. The van der Waals surface area contributed by atoms with Crippen LogP contribution >= 0.6 is 27.5 Å². The number of ether oxygens (including phenoxy) is 1. The van der Waals surface area contributed by atoms with E-state index in [0.29, 0.717) is 15.2 Å². The third-order valence-corrected chi connectivity index (χ3v) is 4.16. The second-order valence-electron chi connectivity index (χ2n) is 4.14. The molecule has 4 nitrogen and oxygen atoms in total. The van der Waals surface area contributed by atoms with Gasteiger partial charge in [0.25, 0.3) is 0 Å². The number of anilines is 3. The van der Waals surface area contributed by atoms with E-state index in [1.165, 1.54) is 13.2 Å². The minimum atomic E-state index is -0.638. The number of hydrogen-bond donors (Lipinski definition) is 2. The summed E-state index contributed by atoms with van der Waals surface area (Å²) in [6.45, 7) is 0. The Bertz CT molecular complexity index is 710. The quantitative estimate of drug-likeness (QED) is 0.620. The fourth-order valence-electron chi connectivity index (χ4n) is 1.72. The van der Waals surface area contributed by atoms with Gasteiger partial charge in [-0.05, 0) is 40.2 Å². The van der Waals surface area contributed by atoms with E-state index in [2.05, 4.69) is 26.0 Å². The molecule has 0 radical (unpaired) electrons. The van der Waals surface area contributed by atoms with Crippen molar-refractivity contribution in [2.75, 3.05) is 18.2 Å². The Morgan fingerprint density at radius 1 is 1.38 bits per heavy atom. The van der Waals surface area contributed by atoms with E-state index in [1.807, 2.05) is 0 Å². The average molecular weight is 374 g/mol. The highest BCUT2D eigenvalue weighted by Crippen LogP contribution is 2.33. The summed E-state index contributed by atoms with van der Waals surface area (Å²) in [4.78, 5) is 11.6. The number of nitrogens with one attached hydrogen (secondary N) is 1. The Kier molecular flexibility index (Phi) is 4.69. The van der Waals surface area contributed by atoms with Crippen molar-refractivity contribution in [1.29, 1.82) is 0 Å². The minimum absolute atomic E-state index is 0.00931. The molecular weight excluding hydrogens is 363 g/mol. The van der Waals surface area contributed by atoms with Gasteiger partial charge in [-0.25, -0.2) is 9.18 Å². The number of hydrogen-bond acceptors (Lipinski definition) is 4. The molecule has 0 spiro atoms. The van der Waals surface area contributed by atoms with Gasteiger partial charge in [0, 0.05) is 5.69 Å². The number of nitrogen functional groups attached to an aromatic ring is 1. The van der Waals surface area contributed by atoms with Crippen molar-refractivity contribution in [3.05, 3.63) is 51.2 Å². The SMILES string of the molecule is COC(=O)c1cc(Nc2cccc(Cl)c2Br)c(F)cc1N. The summed E-state index contributed by atoms with van der Waals surface area (Å²) in [5, 5.41) is 3.33. The van der Waals surface area contributed by atoms with Crippen LogP contribution in [0, 0.1) is 5.82 Å². The van der Waals surface area contributed by atoms with Gasteiger partial charge in [-0.2, -0.15) is 0 Å². The largest absolute Gasteiger partial charge is 0.465 e. The van der Waals surface area contributed by atoms with Gasteiger partial charge >= 0.3 is 5.97 Å². The molecule has 0 bridgehead atoms. The third kappa shape index (κ3) is 3.28. The Hall–Kier alpha value is -1.79. The first-order valence-corrected chi connectivity index (χ1v) is 6.99. The molecule has 110 valence electrons. The number of rotatable bonds is 3. The maximum absolute atomic E-state index is 14.0. The molecule has 0 saturated carbocycles. The molecule has 0 atom stereocenters. The highest BCUT2D eigenvalue weighted by molar-refractivity contribution is 9.10. The van der Waals surface area contributed by atoms with Crippen molar-refractivity contribution in [3.63, 3.8) is 0 Å². The lowest BCUT2D eigenvalue weighted by molar-refractivity contribution is 0.0602. The molecule has 2 aromatic carbocycles. The first-order chi connectivity index (χ1) is 9.93. The topological polar surface area (TPSA) is 64.3 Å². The van der Waals surface area contributed by atoms with Crippen molar-refractivity contribution in [1.82, 2.24) is 0 Å². The van der Waals surface area contributed by atoms with E-state index in [0.717, 1.165) is 6.07 Å². The molecule has 0 unspecified atom stereocenters. The number of carbonyl (C=O) groups excluding carboxylic acids is 1. The molecule has 21 heavy (non-hydrogen) atoms. The normalized spacial score (nSPS) is 10.3. The van der Waals surface area contributed by atoms with Crippen LogP contribution in [0.5, 0.6) is 0 Å². The maximum atomic E-state index is 14.0. The molecular formula is C14H11BrClFN2O2. The van der Waals surface area contributed by atoms with Crippen molar-refractivity contribution >= 4 is 50.6 Å². The van der Waals surface area contributed by atoms with Crippen LogP contribution in [0.15, 0.2) is 34.8 Å². The van der Waals surface area contributed by atoms with E-state index in [-0.39, 0.29) is 16.9 Å². The summed E-state index contributed by atoms with van der Waals surface area (Å²) < 4.78 is 19.2. The lowest BCUT2D eigenvalue weighted by Gasteiger charge is -2.13. The summed E-state index contributed by atoms with van der Waals surface area (Å²) in [6, 6.07) is 7.47. The standard InChI is InChI=1S/C14H11BrClFN2O2/c1-21-14(20)7-5-12(9(17)6-10(7)18)19-11-4-2-3-8(16)13(11)15/h2-6,19H,18H2,1H3. The molecule has 0 fully saturated rings. The third-order valence-electron chi connectivity index (χ3n) is 2.77. The number of esters is 1. The van der Waals surface area contributed by atoms with Gasteiger partial charge in [0.2, 0.25) is 0 Å². The molecule has 0 aliphatic carbocycles. The van der Waals surface area contributed by atoms with Gasteiger partial charge in [0.15, 0.2) is 0 Å². The van der Waals surface area contributed by atoms with Crippen molar-refractivity contribution in [2.24, 2.45) is 0 Å². The molecule has 0 heterocycles. The molecule has 2 aromatic rings. The summed E-state index contributed by atoms with van der Waals surface area (Å²) >= 11 is 9.28. The zero-order chi connectivity index (χ0) is 15.6. The van der Waals surface area contributed by atoms with Gasteiger partial charge in [-0.15, -0.1) is 0 Å². The van der Waals surface area contributed by atoms with Gasteiger partial charge in [0.1, 0.15) is 5.82 Å². The fourth-order valence-corrected chi connectivity index (χ4v) is 2.25. The Balaban J connectivity index is 2.44. The van der Waals surface area contributed by atoms with E-state index >= 15 is 0 Å². The smallest absolute Gasteiger partial charge is 0.340 e. The highest BCUT2D eigenvalue weighted by atomic mass is 79.9. The predicted molar refractivity (Wildman–Crippen MR) is 84.6 cm³/mol. The summed E-state index contributed by atoms with van der Waals surface area (Å²) in [5.74, 6) is -1.23. The fraction of sp³-hybridized carbons (Fsp3) is 0.0714. The van der Waals surface area contributed by atoms with Gasteiger partial charge in [-0.1, -0.05) is 17.7 Å². The number of nitrogens with two attached hydrogens (primary N) is 1. The van der Waals surface area contributed by atoms with Gasteiger partial charge in [-0.3, -0.25) is 0 Å². The number of benzene rings is 2. The average Bonchev–Trinajstić information content (AvgIpc) is 2.45. The molecule has 7 heteroatoms. The van der Waals surface area contributed by atoms with Crippen molar-refractivity contribution in [3.8, 4) is 0 Å². The van der Waals surface area contributed by atoms with Gasteiger partial charge in [0.05, 0.1) is 33.5 Å². The molecule has 0 aliphatic rings. The lowest BCUT2D eigenvalue weighted by atomic mass is 10.1. The van der Waals surface area contributed by atoms with E-state index in [4.69, 9.17) is 17.3 Å². The Morgan fingerprint density at radius 2 is 2.10 bits per heavy atom. The molecule has 2 rings (SSSR count). The lowest BCUT2D eigenvalue weighted by Crippen LogP contribution is -2.08. The van der Waals surface area contributed by atoms with Crippen molar-refractivity contribution in [2.45, 2.75) is 0 Å². The number of halogens is 3. The van der Waals surface area contributed by atoms with Crippen LogP contribution in [-0.2, 0) is 4.74 Å². The van der Waals surface area contributed by atoms with Crippen LogP contribution in [0.1, 0.15) is 10.4 Å². The molecule has 0 aromatic heterocycles. The Morgan fingerprint density at radius 3 is 2.76 bits per heavy atom. The second-order valence-corrected chi connectivity index (χ2v) is 5.34. The van der Waals surface area contributed by atoms with Gasteiger partial charge < -0.3 is 15.8 Å². The van der Waals surface area contributed by atoms with E-state index < -0.39 is 11.8 Å². The first-order valence-electron chi connectivity index (χ1n) is 5.82. The number of carbonyl (C=O) groups is 1. The zero-order valence-electron chi connectivity index (χ0n) is 10.9. The van der Waals surface area contributed by atoms with Crippen LogP contribution in [0.2, 0.25) is 5.02 Å². The summed E-state index contributed by atoms with van der Waals surface area (Å²) in [6.07, 6.45) is 0. The second kappa shape index (κ2) is 6.32. The maximum Gasteiger partial charge on any atom is 0.340 e. The molecule has 0 aliphatic heterocycles. The van der Waals surface area contributed by atoms with Crippen molar-refractivity contribution < 1.29 is 13.9 Å². The Labute approximate surface area is 134 Å². The molecule has 0 saturated heterocycles. The summed E-state index contributed by atoms with van der Waals surface area (Å²) in [5.41, 5.74) is 6.36. The van der Waals surface area contributed by atoms with Crippen LogP contribution < -0.4 is 11.1 Å². The van der Waals surface area contributed by atoms with Crippen LogP contribution in [0.4, 0.5) is 21.5 Å². The van der Waals surface area contributed by atoms with E-state index in [9.17, 15) is 9.18 Å². The van der Waals surface area contributed by atoms with Crippen LogP contribution in [0.3, 0.4) is 0 Å². The highest BCUT2D eigenvalue weighted by Gasteiger charge is 2.15. The van der Waals surface area contributed by atoms with E-state index in [1.54, 1.807) is 18.2 Å². The molecule has 0 amide bonds. The zero-order valence-corrected chi connectivity index (χ0v) is 13.3.